The van der Waals surface area contributed by atoms with Crippen molar-refractivity contribution in [1.29, 1.82) is 5.26 Å². The Hall–Kier alpha value is -2.09. The van der Waals surface area contributed by atoms with E-state index in [-0.39, 0.29) is 17.0 Å². The second-order valence-corrected chi connectivity index (χ2v) is 7.00. The number of carbonyl (C=O) groups excluding carboxylic acids is 1. The number of H-pyrrole nitrogens is 1. The summed E-state index contributed by atoms with van der Waals surface area (Å²) in [5.41, 5.74) is 2.15. The maximum atomic E-state index is 12.6. The van der Waals surface area contributed by atoms with E-state index in [2.05, 4.69) is 11.9 Å². The Morgan fingerprint density at radius 1 is 1.33 bits per heavy atom. The first-order valence-electron chi connectivity index (χ1n) is 8.75. The maximum Gasteiger partial charge on any atom is 0.266 e. The number of nitriles is 1. The molecule has 1 fully saturated rings. The van der Waals surface area contributed by atoms with Crippen LogP contribution in [-0.2, 0) is 11.2 Å². The Kier molecular flexibility index (Phi) is 5.82. The molecule has 0 bridgehead atoms. The van der Waals surface area contributed by atoms with Crippen LogP contribution in [0.15, 0.2) is 4.79 Å². The highest BCUT2D eigenvalue weighted by molar-refractivity contribution is 5.76. The molecule has 1 heterocycles. The Labute approximate surface area is 143 Å². The van der Waals surface area contributed by atoms with Crippen molar-refractivity contribution in [3.05, 3.63) is 32.7 Å². The van der Waals surface area contributed by atoms with E-state index in [1.807, 2.05) is 24.9 Å². The van der Waals surface area contributed by atoms with E-state index < -0.39 is 0 Å². The first kappa shape index (κ1) is 18.3. The predicted octanol–water partition coefficient (Wildman–Crippen LogP) is 2.83. The van der Waals surface area contributed by atoms with Crippen LogP contribution in [0.3, 0.4) is 0 Å². The van der Waals surface area contributed by atoms with E-state index in [9.17, 15) is 9.59 Å². The zero-order valence-electron chi connectivity index (χ0n) is 15.1. The van der Waals surface area contributed by atoms with Crippen molar-refractivity contribution < 1.29 is 4.79 Å². The number of amides is 1. The summed E-state index contributed by atoms with van der Waals surface area (Å²) in [5, 5.41) is 9.13. The van der Waals surface area contributed by atoms with Gasteiger partial charge in [0, 0.05) is 25.2 Å². The summed E-state index contributed by atoms with van der Waals surface area (Å²) in [6, 6.07) is 2.29. The quantitative estimate of drug-likeness (QED) is 0.922. The lowest BCUT2D eigenvalue weighted by molar-refractivity contribution is -0.133. The number of nitrogens with one attached hydrogen (secondary N) is 1. The second-order valence-electron chi connectivity index (χ2n) is 7.00. The van der Waals surface area contributed by atoms with Crippen LogP contribution in [0.25, 0.3) is 0 Å². The molecule has 1 aromatic rings. The van der Waals surface area contributed by atoms with Crippen LogP contribution < -0.4 is 5.56 Å². The van der Waals surface area contributed by atoms with Crippen molar-refractivity contribution in [2.45, 2.75) is 65.3 Å². The van der Waals surface area contributed by atoms with E-state index >= 15 is 0 Å². The Balaban J connectivity index is 2.09. The third-order valence-corrected chi connectivity index (χ3v) is 5.47. The first-order valence-corrected chi connectivity index (χ1v) is 8.75. The van der Waals surface area contributed by atoms with Crippen molar-refractivity contribution in [3.8, 4) is 6.07 Å². The molecule has 130 valence electrons. The number of hydrogen-bond donors (Lipinski definition) is 1. The maximum absolute atomic E-state index is 12.6. The number of rotatable bonds is 4. The van der Waals surface area contributed by atoms with Gasteiger partial charge < -0.3 is 9.88 Å². The van der Waals surface area contributed by atoms with Crippen LogP contribution in [0.1, 0.15) is 61.4 Å². The van der Waals surface area contributed by atoms with Gasteiger partial charge in [0.15, 0.2) is 0 Å². The van der Waals surface area contributed by atoms with Crippen molar-refractivity contribution in [2.24, 2.45) is 5.92 Å². The van der Waals surface area contributed by atoms with Crippen LogP contribution in [0.2, 0.25) is 0 Å². The largest absolute Gasteiger partial charge is 0.343 e. The number of nitrogens with zero attached hydrogens (tertiary/aromatic N) is 2. The molecule has 0 radical (unpaired) electrons. The topological polar surface area (TPSA) is 77.0 Å². The van der Waals surface area contributed by atoms with Gasteiger partial charge in [0.25, 0.3) is 5.56 Å². The number of hydrogen-bond acceptors (Lipinski definition) is 3. The molecule has 24 heavy (non-hydrogen) atoms. The molecule has 1 aliphatic rings. The first-order chi connectivity index (χ1) is 11.4. The van der Waals surface area contributed by atoms with E-state index in [1.54, 1.807) is 6.92 Å². The zero-order valence-corrected chi connectivity index (χ0v) is 15.1. The molecule has 0 aromatic carbocycles. The summed E-state index contributed by atoms with van der Waals surface area (Å²) in [7, 11) is 1.90. The third-order valence-electron chi connectivity index (χ3n) is 5.47. The molecule has 0 spiro atoms. The Morgan fingerprint density at radius 3 is 2.62 bits per heavy atom. The van der Waals surface area contributed by atoms with Crippen LogP contribution in [0.5, 0.6) is 0 Å². The third kappa shape index (κ3) is 3.69. The summed E-state index contributed by atoms with van der Waals surface area (Å²) < 4.78 is 0. The van der Waals surface area contributed by atoms with E-state index in [0.29, 0.717) is 30.4 Å². The Morgan fingerprint density at radius 2 is 2.00 bits per heavy atom. The average Bonchev–Trinajstić information content (AvgIpc) is 2.54. The Bertz CT molecular complexity index is 715. The van der Waals surface area contributed by atoms with Gasteiger partial charge in [-0.1, -0.05) is 19.8 Å². The molecule has 5 heteroatoms. The molecule has 1 aromatic heterocycles. The van der Waals surface area contributed by atoms with Gasteiger partial charge in [0.05, 0.1) is 0 Å². The molecule has 1 aliphatic carbocycles. The zero-order chi connectivity index (χ0) is 17.9. The lowest BCUT2D eigenvalue weighted by Gasteiger charge is -2.36. The van der Waals surface area contributed by atoms with Gasteiger partial charge in [0.2, 0.25) is 5.91 Å². The molecule has 2 rings (SSSR count). The minimum Gasteiger partial charge on any atom is -0.343 e. The van der Waals surface area contributed by atoms with Crippen molar-refractivity contribution in [1.82, 2.24) is 9.88 Å². The van der Waals surface area contributed by atoms with Crippen molar-refractivity contribution in [3.63, 3.8) is 0 Å². The van der Waals surface area contributed by atoms with E-state index in [4.69, 9.17) is 5.26 Å². The number of pyridine rings is 1. The highest BCUT2D eigenvalue weighted by Crippen LogP contribution is 2.28. The van der Waals surface area contributed by atoms with Crippen molar-refractivity contribution in [2.75, 3.05) is 7.05 Å². The minimum atomic E-state index is -0.351. The number of aromatic nitrogens is 1. The SMILES string of the molecule is Cc1[nH]c(=O)c(C#N)c(C)c1CCC(=O)N(C)C1CCCCC1C. The van der Waals surface area contributed by atoms with Crippen molar-refractivity contribution >= 4 is 5.91 Å². The highest BCUT2D eigenvalue weighted by atomic mass is 16.2. The smallest absolute Gasteiger partial charge is 0.266 e. The van der Waals surface area contributed by atoms with Crippen LogP contribution in [0, 0.1) is 31.1 Å². The van der Waals surface area contributed by atoms with Crippen LogP contribution >= 0.6 is 0 Å². The summed E-state index contributed by atoms with van der Waals surface area (Å²) >= 11 is 0. The fraction of sp³-hybridized carbons (Fsp3) is 0.632. The summed E-state index contributed by atoms with van der Waals surface area (Å²) in [6.07, 6.45) is 5.67. The lowest BCUT2D eigenvalue weighted by atomic mass is 9.85. The second kappa shape index (κ2) is 7.65. The van der Waals surface area contributed by atoms with Gasteiger partial charge in [0.1, 0.15) is 11.6 Å². The summed E-state index contributed by atoms with van der Waals surface area (Å²) in [6.45, 7) is 5.83. The monoisotopic (exact) mass is 329 g/mol. The molecule has 0 saturated heterocycles. The van der Waals surface area contributed by atoms with Gasteiger partial charge in [-0.2, -0.15) is 5.26 Å². The minimum absolute atomic E-state index is 0.136. The predicted molar refractivity (Wildman–Crippen MR) is 93.8 cm³/mol. The molecule has 1 N–H and O–H groups in total. The number of aromatic amines is 1. The van der Waals surface area contributed by atoms with Crippen LogP contribution in [0.4, 0.5) is 0 Å². The molecular formula is C19H27N3O2. The highest BCUT2D eigenvalue weighted by Gasteiger charge is 2.27. The van der Waals surface area contributed by atoms with Gasteiger partial charge in [-0.15, -0.1) is 0 Å². The fourth-order valence-electron chi connectivity index (χ4n) is 3.89. The average molecular weight is 329 g/mol. The van der Waals surface area contributed by atoms with Gasteiger partial charge in [-0.05, 0) is 50.2 Å². The van der Waals surface area contributed by atoms with Gasteiger partial charge >= 0.3 is 0 Å². The van der Waals surface area contributed by atoms with E-state index in [0.717, 1.165) is 17.7 Å². The van der Waals surface area contributed by atoms with Crippen LogP contribution in [-0.4, -0.2) is 28.9 Å². The fourth-order valence-corrected chi connectivity index (χ4v) is 3.89. The molecule has 1 saturated carbocycles. The summed E-state index contributed by atoms with van der Waals surface area (Å²) in [5.74, 6) is 0.687. The summed E-state index contributed by atoms with van der Waals surface area (Å²) in [4.78, 5) is 29.0. The lowest BCUT2D eigenvalue weighted by Crippen LogP contribution is -2.42. The molecule has 1 amide bonds. The normalized spacial score (nSPS) is 20.5. The van der Waals surface area contributed by atoms with Gasteiger partial charge in [-0.3, -0.25) is 9.59 Å². The molecule has 5 nitrogen and oxygen atoms in total. The number of carbonyl (C=O) groups is 1. The standard InChI is InChI=1S/C19H27N3O2/c1-12-7-5-6-8-17(12)22(4)18(23)10-9-15-13(2)16(11-20)19(24)21-14(15)3/h12,17H,5-10H2,1-4H3,(H,21,24). The molecule has 2 atom stereocenters. The number of aryl methyl sites for hydroxylation is 1. The molecular weight excluding hydrogens is 302 g/mol. The van der Waals surface area contributed by atoms with Gasteiger partial charge in [-0.25, -0.2) is 0 Å². The molecule has 0 aliphatic heterocycles. The molecule has 2 unspecified atom stereocenters. The van der Waals surface area contributed by atoms with E-state index in [1.165, 1.54) is 19.3 Å².